The monoisotopic (exact) mass is 421 g/mol. The standard InChI is InChI=1S/C26H31NO4/c1-14-11-20(29-5)25-17(9-8-10-19(25)28-4)23(14)26-18-12-15(2)27-16(3)24(18)21(30-6)13-22(26)31-7/h8-11,13,15-16,27H,12H2,1-7H3/t15-,16-/m0/s1. The van der Waals surface area contributed by atoms with Gasteiger partial charge in [0.15, 0.2) is 0 Å². The van der Waals surface area contributed by atoms with Crippen molar-refractivity contribution in [2.45, 2.75) is 39.3 Å². The zero-order valence-corrected chi connectivity index (χ0v) is 19.4. The molecule has 0 saturated carbocycles. The molecule has 0 radical (unpaired) electrons. The summed E-state index contributed by atoms with van der Waals surface area (Å²) in [6.45, 7) is 6.53. The van der Waals surface area contributed by atoms with Crippen molar-refractivity contribution in [1.29, 1.82) is 0 Å². The SMILES string of the molecule is COc1cc(OC)c2c(c1-c1c(C)cc(OC)c3c(OC)cccc13)C[C@H](C)N[C@H]2C. The number of nitrogens with one attached hydrogen (secondary N) is 1. The predicted octanol–water partition coefficient (Wildman–Crippen LogP) is 5.44. The lowest BCUT2D eigenvalue weighted by Crippen LogP contribution is -2.36. The highest BCUT2D eigenvalue weighted by atomic mass is 16.5. The first-order valence-electron chi connectivity index (χ1n) is 10.6. The van der Waals surface area contributed by atoms with Crippen LogP contribution in [0.15, 0.2) is 30.3 Å². The maximum absolute atomic E-state index is 5.93. The maximum atomic E-state index is 5.93. The number of methoxy groups -OCH3 is 4. The Balaban J connectivity index is 2.17. The summed E-state index contributed by atoms with van der Waals surface area (Å²) in [7, 11) is 6.84. The van der Waals surface area contributed by atoms with Crippen molar-refractivity contribution in [3.05, 3.63) is 47.0 Å². The molecule has 5 nitrogen and oxygen atoms in total. The quantitative estimate of drug-likeness (QED) is 0.594. The predicted molar refractivity (Wildman–Crippen MR) is 125 cm³/mol. The molecule has 1 aliphatic heterocycles. The summed E-state index contributed by atoms with van der Waals surface area (Å²) < 4.78 is 23.2. The van der Waals surface area contributed by atoms with Crippen LogP contribution in [0, 0.1) is 6.92 Å². The molecule has 3 aromatic carbocycles. The van der Waals surface area contributed by atoms with Crippen molar-refractivity contribution in [2.75, 3.05) is 28.4 Å². The summed E-state index contributed by atoms with van der Waals surface area (Å²) >= 11 is 0. The minimum Gasteiger partial charge on any atom is -0.496 e. The van der Waals surface area contributed by atoms with Gasteiger partial charge in [-0.25, -0.2) is 0 Å². The summed E-state index contributed by atoms with van der Waals surface area (Å²) in [5, 5.41) is 5.71. The van der Waals surface area contributed by atoms with Crippen molar-refractivity contribution in [3.8, 4) is 34.1 Å². The zero-order valence-electron chi connectivity index (χ0n) is 19.4. The summed E-state index contributed by atoms with van der Waals surface area (Å²) in [6.07, 6.45) is 0.888. The number of fused-ring (bicyclic) bond motifs is 2. The highest BCUT2D eigenvalue weighted by Gasteiger charge is 2.31. The van der Waals surface area contributed by atoms with Crippen LogP contribution in [0.2, 0.25) is 0 Å². The van der Waals surface area contributed by atoms with Crippen molar-refractivity contribution < 1.29 is 18.9 Å². The molecule has 0 fully saturated rings. The van der Waals surface area contributed by atoms with Crippen molar-refractivity contribution in [3.63, 3.8) is 0 Å². The van der Waals surface area contributed by atoms with E-state index in [0.717, 1.165) is 56.9 Å². The molecule has 3 aromatic rings. The van der Waals surface area contributed by atoms with Gasteiger partial charge in [0.25, 0.3) is 0 Å². The third-order valence-corrected chi connectivity index (χ3v) is 6.29. The molecule has 2 atom stereocenters. The molecule has 0 bridgehead atoms. The molecule has 0 aliphatic carbocycles. The van der Waals surface area contributed by atoms with E-state index >= 15 is 0 Å². The van der Waals surface area contributed by atoms with Gasteiger partial charge in [0.2, 0.25) is 0 Å². The first-order chi connectivity index (χ1) is 14.9. The van der Waals surface area contributed by atoms with E-state index in [4.69, 9.17) is 18.9 Å². The van der Waals surface area contributed by atoms with Gasteiger partial charge >= 0.3 is 0 Å². The highest BCUT2D eigenvalue weighted by molar-refractivity contribution is 6.06. The van der Waals surface area contributed by atoms with E-state index in [9.17, 15) is 0 Å². The van der Waals surface area contributed by atoms with Crippen LogP contribution in [0.25, 0.3) is 21.9 Å². The molecule has 0 saturated heterocycles. The van der Waals surface area contributed by atoms with Crippen LogP contribution in [0.1, 0.15) is 36.6 Å². The van der Waals surface area contributed by atoms with E-state index in [1.54, 1.807) is 28.4 Å². The van der Waals surface area contributed by atoms with Gasteiger partial charge in [-0.1, -0.05) is 12.1 Å². The molecule has 1 heterocycles. The Morgan fingerprint density at radius 2 is 1.48 bits per heavy atom. The molecule has 31 heavy (non-hydrogen) atoms. The number of benzene rings is 3. The number of ether oxygens (including phenoxy) is 4. The van der Waals surface area contributed by atoms with E-state index in [2.05, 4.69) is 38.2 Å². The Kier molecular flexibility index (Phi) is 5.71. The van der Waals surface area contributed by atoms with E-state index in [-0.39, 0.29) is 6.04 Å². The molecule has 5 heteroatoms. The van der Waals surface area contributed by atoms with Gasteiger partial charge in [-0.2, -0.15) is 0 Å². The fourth-order valence-corrected chi connectivity index (χ4v) is 5.08. The zero-order chi connectivity index (χ0) is 22.3. The van der Waals surface area contributed by atoms with E-state index in [0.29, 0.717) is 6.04 Å². The second-order valence-corrected chi connectivity index (χ2v) is 8.20. The molecule has 164 valence electrons. The molecule has 0 unspecified atom stereocenters. The lowest BCUT2D eigenvalue weighted by atomic mass is 9.81. The van der Waals surface area contributed by atoms with Crippen LogP contribution in [0.5, 0.6) is 23.0 Å². The Hall–Kier alpha value is -2.92. The molecule has 0 spiro atoms. The summed E-state index contributed by atoms with van der Waals surface area (Å²) in [5.74, 6) is 3.27. The second kappa shape index (κ2) is 8.31. The average molecular weight is 422 g/mol. The number of hydrogen-bond acceptors (Lipinski definition) is 5. The minimum atomic E-state index is 0.178. The largest absolute Gasteiger partial charge is 0.496 e. The summed E-state index contributed by atoms with van der Waals surface area (Å²) in [6, 6.07) is 10.8. The first kappa shape index (κ1) is 21.3. The smallest absolute Gasteiger partial charge is 0.130 e. The van der Waals surface area contributed by atoms with Gasteiger partial charge in [0.05, 0.1) is 33.8 Å². The Morgan fingerprint density at radius 1 is 0.806 bits per heavy atom. The first-order valence-corrected chi connectivity index (χ1v) is 10.6. The summed E-state index contributed by atoms with van der Waals surface area (Å²) in [5.41, 5.74) is 5.86. The fraction of sp³-hybridized carbons (Fsp3) is 0.385. The van der Waals surface area contributed by atoms with Crippen LogP contribution in [-0.2, 0) is 6.42 Å². The molecule has 1 N–H and O–H groups in total. The molecule has 0 aromatic heterocycles. The molecule has 0 amide bonds. The van der Waals surface area contributed by atoms with Gasteiger partial charge in [0.1, 0.15) is 23.0 Å². The minimum absolute atomic E-state index is 0.178. The van der Waals surface area contributed by atoms with E-state index in [1.807, 2.05) is 18.2 Å². The van der Waals surface area contributed by atoms with Crippen LogP contribution in [-0.4, -0.2) is 34.5 Å². The lowest BCUT2D eigenvalue weighted by molar-refractivity contribution is 0.371. The van der Waals surface area contributed by atoms with Gasteiger partial charge < -0.3 is 24.3 Å². The third-order valence-electron chi connectivity index (χ3n) is 6.29. The molecular weight excluding hydrogens is 390 g/mol. The lowest BCUT2D eigenvalue weighted by Gasteiger charge is -2.33. The Bertz CT molecular complexity index is 1140. The average Bonchev–Trinajstić information content (AvgIpc) is 2.77. The van der Waals surface area contributed by atoms with Gasteiger partial charge in [-0.05, 0) is 61.4 Å². The van der Waals surface area contributed by atoms with Crippen LogP contribution >= 0.6 is 0 Å². The number of rotatable bonds is 5. The number of hydrogen-bond donors (Lipinski definition) is 1. The van der Waals surface area contributed by atoms with Crippen molar-refractivity contribution in [1.82, 2.24) is 5.32 Å². The van der Waals surface area contributed by atoms with Crippen LogP contribution < -0.4 is 24.3 Å². The third kappa shape index (κ3) is 3.37. The van der Waals surface area contributed by atoms with Crippen LogP contribution in [0.3, 0.4) is 0 Å². The molecular formula is C26H31NO4. The van der Waals surface area contributed by atoms with Crippen molar-refractivity contribution >= 4 is 10.8 Å². The molecule has 1 aliphatic rings. The van der Waals surface area contributed by atoms with Gasteiger partial charge in [0, 0.05) is 29.3 Å². The highest BCUT2D eigenvalue weighted by Crippen LogP contribution is 2.50. The number of aryl methyl sites for hydroxylation is 1. The second-order valence-electron chi connectivity index (χ2n) is 8.20. The Labute approximate surface area is 184 Å². The van der Waals surface area contributed by atoms with Crippen LogP contribution in [0.4, 0.5) is 0 Å². The Morgan fingerprint density at radius 3 is 2.13 bits per heavy atom. The van der Waals surface area contributed by atoms with Gasteiger partial charge in [-0.15, -0.1) is 0 Å². The normalized spacial score (nSPS) is 17.9. The maximum Gasteiger partial charge on any atom is 0.130 e. The van der Waals surface area contributed by atoms with Crippen molar-refractivity contribution in [2.24, 2.45) is 0 Å². The fourth-order valence-electron chi connectivity index (χ4n) is 5.08. The summed E-state index contributed by atoms with van der Waals surface area (Å²) in [4.78, 5) is 0. The van der Waals surface area contributed by atoms with E-state index in [1.165, 1.54) is 11.1 Å². The topological polar surface area (TPSA) is 49.0 Å². The molecule has 4 rings (SSSR count). The van der Waals surface area contributed by atoms with Gasteiger partial charge in [-0.3, -0.25) is 0 Å². The van der Waals surface area contributed by atoms with E-state index < -0.39 is 0 Å².